The summed E-state index contributed by atoms with van der Waals surface area (Å²) in [5.74, 6) is -4.20. The van der Waals surface area contributed by atoms with Gasteiger partial charge in [-0.15, -0.1) is 11.8 Å². The van der Waals surface area contributed by atoms with E-state index >= 15 is 0 Å². The highest BCUT2D eigenvalue weighted by molar-refractivity contribution is 8.00. The van der Waals surface area contributed by atoms with Gasteiger partial charge in [-0.1, -0.05) is 35.6 Å². The fraction of sp³-hybridized carbons (Fsp3) is 0.294. The number of halogens is 3. The van der Waals surface area contributed by atoms with E-state index in [9.17, 15) is 40.8 Å². The van der Waals surface area contributed by atoms with Gasteiger partial charge >= 0.3 is 11.0 Å². The maximum atomic E-state index is 14.0. The Morgan fingerprint density at radius 2 is 1.69 bits per heavy atom. The number of thiazole rings is 1. The second-order valence-corrected chi connectivity index (χ2v) is 16.7. The summed E-state index contributed by atoms with van der Waals surface area (Å²) in [6.45, 7) is -0.379. The van der Waals surface area contributed by atoms with Crippen LogP contribution in [0.3, 0.4) is 0 Å². The smallest absolute Gasteiger partial charge is 0.418 e. The Balaban J connectivity index is 1.06. The number of benzene rings is 3. The molecular formula is C34H27F3N4O7S3. The molecule has 0 spiro atoms. The van der Waals surface area contributed by atoms with Crippen LogP contribution in [0, 0.1) is 29.6 Å². The number of nitrogens with two attached hydrogens (primary N) is 1. The molecule has 2 saturated carbocycles. The summed E-state index contributed by atoms with van der Waals surface area (Å²) < 4.78 is 70.8. The number of anilines is 2. The topological polar surface area (TPSA) is 169 Å². The lowest BCUT2D eigenvalue weighted by Gasteiger charge is -2.43. The highest BCUT2D eigenvalue weighted by Crippen LogP contribution is 2.69. The number of aromatic nitrogens is 1. The van der Waals surface area contributed by atoms with Crippen molar-refractivity contribution in [3.63, 3.8) is 0 Å². The number of hydrogen-bond acceptors (Lipinski definition) is 9. The van der Waals surface area contributed by atoms with Crippen molar-refractivity contribution < 1.29 is 40.7 Å². The molecule has 11 nitrogen and oxygen atoms in total. The molecule has 51 heavy (non-hydrogen) atoms. The molecule has 3 amide bonds. The number of carbonyl (C=O) groups excluding carboxylic acids is 3. The van der Waals surface area contributed by atoms with Crippen LogP contribution in [0.1, 0.15) is 28.3 Å². The number of alkyl halides is 3. The molecule has 2 bridgehead atoms. The van der Waals surface area contributed by atoms with Crippen LogP contribution in [-0.2, 0) is 30.6 Å². The minimum atomic E-state index is -4.77. The minimum Gasteiger partial charge on any atom is -0.484 e. The van der Waals surface area contributed by atoms with Gasteiger partial charge in [0.05, 0.1) is 33.0 Å². The Morgan fingerprint density at radius 3 is 2.39 bits per heavy atom. The number of ether oxygens (including phenoxy) is 1. The van der Waals surface area contributed by atoms with Crippen LogP contribution < -0.4 is 25.0 Å². The fourth-order valence-corrected chi connectivity index (χ4v) is 11.8. The standard InChI is InChI=1S/C34H27F3N4O7S3/c35-34(36,37)21-6-1-2-7-22(21)41-31(43)26-19-13-20(27(26)32(41)44)28-25(19)24(29-30(49-28)40-33(45)50-29)15-4-3-5-17(12-15)48-14-23(42)39-16-8-10-18(11-9-16)51(38,46)47/h1-12,19-20,24-28H,13-14H2,(H,39,42)(H,40,45)(H2,38,46,47)/t19-,20-,24-,25?,26?,27?,28?/m1/s1. The van der Waals surface area contributed by atoms with Gasteiger partial charge in [0.15, 0.2) is 6.61 Å². The molecule has 1 aromatic heterocycles. The minimum absolute atomic E-state index is 0.105. The number of nitrogens with zero attached hydrogens (tertiary/aromatic N) is 1. The van der Waals surface area contributed by atoms with Gasteiger partial charge in [0, 0.05) is 21.7 Å². The van der Waals surface area contributed by atoms with Crippen molar-refractivity contribution in [1.82, 2.24) is 4.98 Å². The number of aromatic amines is 1. The van der Waals surface area contributed by atoms with Gasteiger partial charge in [0.25, 0.3) is 5.91 Å². The largest absolute Gasteiger partial charge is 0.484 e. The number of imide groups is 1. The maximum absolute atomic E-state index is 14.0. The Morgan fingerprint density at radius 1 is 0.980 bits per heavy atom. The average Bonchev–Trinajstić information content (AvgIpc) is 3.82. The van der Waals surface area contributed by atoms with Crippen molar-refractivity contribution in [2.45, 2.75) is 33.7 Å². The van der Waals surface area contributed by atoms with Crippen LogP contribution in [0.4, 0.5) is 24.5 Å². The fourth-order valence-electron chi connectivity index (χ4n) is 8.41. The van der Waals surface area contributed by atoms with E-state index in [-0.39, 0.29) is 45.3 Å². The van der Waals surface area contributed by atoms with Gasteiger partial charge in [0.1, 0.15) is 5.75 Å². The van der Waals surface area contributed by atoms with Crippen molar-refractivity contribution in [2.75, 3.05) is 16.8 Å². The molecule has 8 rings (SSSR count). The van der Waals surface area contributed by atoms with Crippen LogP contribution >= 0.6 is 23.1 Å². The van der Waals surface area contributed by atoms with Crippen LogP contribution in [0.15, 0.2) is 87.5 Å². The van der Waals surface area contributed by atoms with E-state index in [0.717, 1.165) is 38.8 Å². The van der Waals surface area contributed by atoms with E-state index in [1.165, 1.54) is 48.2 Å². The number of para-hydroxylation sites is 1. The van der Waals surface area contributed by atoms with Crippen molar-refractivity contribution in [2.24, 2.45) is 34.7 Å². The zero-order chi connectivity index (χ0) is 36.0. The first kappa shape index (κ1) is 33.7. The summed E-state index contributed by atoms with van der Waals surface area (Å²) >= 11 is 2.51. The van der Waals surface area contributed by atoms with Crippen LogP contribution in [0.2, 0.25) is 0 Å². The van der Waals surface area contributed by atoms with Crippen LogP contribution in [-0.4, -0.2) is 43.0 Å². The number of sulfonamides is 1. The molecule has 4 aromatic rings. The number of hydrogen-bond donors (Lipinski definition) is 3. The number of H-pyrrole nitrogens is 1. The lowest BCUT2D eigenvalue weighted by atomic mass is 9.68. The van der Waals surface area contributed by atoms with Gasteiger partial charge in [-0.05, 0) is 78.3 Å². The molecule has 1 saturated heterocycles. The van der Waals surface area contributed by atoms with Crippen LogP contribution in [0.5, 0.6) is 5.75 Å². The van der Waals surface area contributed by atoms with Crippen molar-refractivity contribution in [1.29, 1.82) is 0 Å². The predicted octanol–water partition coefficient (Wildman–Crippen LogP) is 4.80. The molecule has 3 fully saturated rings. The van der Waals surface area contributed by atoms with Crippen molar-refractivity contribution in [3.05, 3.63) is 98.5 Å². The summed E-state index contributed by atoms with van der Waals surface area (Å²) in [6, 6.07) is 17.0. The summed E-state index contributed by atoms with van der Waals surface area (Å²) in [6.07, 6.45) is -4.22. The molecule has 4 N–H and O–H groups in total. The second kappa shape index (κ2) is 12.1. The third-order valence-electron chi connectivity index (χ3n) is 10.2. The van der Waals surface area contributed by atoms with Crippen molar-refractivity contribution in [3.8, 4) is 5.75 Å². The van der Waals surface area contributed by atoms with Gasteiger partial charge in [-0.2, -0.15) is 13.2 Å². The average molecular weight is 757 g/mol. The highest BCUT2D eigenvalue weighted by atomic mass is 32.2. The molecule has 7 atom stereocenters. The zero-order valence-corrected chi connectivity index (χ0v) is 28.6. The molecule has 17 heteroatoms. The summed E-state index contributed by atoms with van der Waals surface area (Å²) in [5, 5.41) is 8.22. The molecule has 3 heterocycles. The number of amides is 3. The summed E-state index contributed by atoms with van der Waals surface area (Å²) in [7, 11) is -3.89. The van der Waals surface area contributed by atoms with Gasteiger partial charge < -0.3 is 15.0 Å². The molecule has 3 aromatic carbocycles. The first-order valence-corrected chi connectivity index (χ1v) is 19.0. The summed E-state index contributed by atoms with van der Waals surface area (Å²) in [5.41, 5.74) is -0.411. The van der Waals surface area contributed by atoms with E-state index in [1.807, 2.05) is 6.07 Å². The second-order valence-electron chi connectivity index (χ2n) is 13.0. The number of rotatable bonds is 7. The van der Waals surface area contributed by atoms with Crippen LogP contribution in [0.25, 0.3) is 0 Å². The van der Waals surface area contributed by atoms with E-state index in [0.29, 0.717) is 22.9 Å². The molecule has 2 aliphatic carbocycles. The highest BCUT2D eigenvalue weighted by Gasteiger charge is 2.70. The Bertz CT molecular complexity index is 2270. The number of nitrogens with one attached hydrogen (secondary N) is 2. The number of fused-ring (bicyclic) bond motifs is 9. The van der Waals surface area contributed by atoms with E-state index in [2.05, 4.69) is 10.3 Å². The lowest BCUT2D eigenvalue weighted by molar-refractivity contribution is -0.137. The quantitative estimate of drug-likeness (QED) is 0.226. The number of primary sulfonamides is 1. The van der Waals surface area contributed by atoms with Crippen molar-refractivity contribution >= 4 is 62.2 Å². The Labute approximate surface area is 296 Å². The van der Waals surface area contributed by atoms with E-state index in [1.54, 1.807) is 18.2 Å². The number of thioether (sulfide) groups is 1. The third-order valence-corrected chi connectivity index (χ3v) is 13.7. The molecule has 0 radical (unpaired) electrons. The van der Waals surface area contributed by atoms with E-state index in [4.69, 9.17) is 9.88 Å². The molecule has 264 valence electrons. The monoisotopic (exact) mass is 756 g/mol. The first-order chi connectivity index (χ1) is 24.2. The molecule has 4 aliphatic rings. The first-order valence-electron chi connectivity index (χ1n) is 15.8. The van der Waals surface area contributed by atoms with Gasteiger partial charge in [-0.3, -0.25) is 19.2 Å². The molecular weight excluding hydrogens is 730 g/mol. The Kier molecular flexibility index (Phi) is 7.97. The Hall–Kier alpha value is -4.45. The van der Waals surface area contributed by atoms with Gasteiger partial charge in [-0.25, -0.2) is 18.5 Å². The number of carbonyl (C=O) groups is 3. The third kappa shape index (κ3) is 5.66. The zero-order valence-electron chi connectivity index (χ0n) is 26.1. The maximum Gasteiger partial charge on any atom is 0.418 e. The van der Waals surface area contributed by atoms with Gasteiger partial charge in [0.2, 0.25) is 21.8 Å². The van der Waals surface area contributed by atoms with E-state index < -0.39 is 57.0 Å². The predicted molar refractivity (Wildman–Crippen MR) is 181 cm³/mol. The summed E-state index contributed by atoms with van der Waals surface area (Å²) in [4.78, 5) is 57.3. The SMILES string of the molecule is NS(=O)(=O)c1ccc(NC(=O)COc2cccc([C@H]3c4sc(=O)[nH]c4SC4C3[C@H]3C[C@@H]4C4C(=O)N(c5ccccc5C(F)(F)F)C(=O)C43)c2)cc1. The normalized spacial score (nSPS) is 26.5. The molecule has 4 unspecified atom stereocenters. The molecule has 2 aliphatic heterocycles. The lowest BCUT2D eigenvalue weighted by Crippen LogP contribution is -2.42.